The van der Waals surface area contributed by atoms with E-state index in [2.05, 4.69) is 33.9 Å². The van der Waals surface area contributed by atoms with Gasteiger partial charge in [-0.3, -0.25) is 0 Å². The minimum atomic E-state index is -0.140. The Morgan fingerprint density at radius 2 is 2.04 bits per heavy atom. The number of aromatic nitrogens is 3. The number of halogens is 2. The van der Waals surface area contributed by atoms with E-state index >= 15 is 0 Å². The number of aliphatic hydroxyl groups excluding tert-OH is 1. The molecular weight excluding hydrogens is 428 g/mol. The van der Waals surface area contributed by atoms with E-state index in [0.717, 1.165) is 40.8 Å². The molecule has 0 aliphatic carbocycles. The maximum absolute atomic E-state index is 9.69. The monoisotopic (exact) mass is 446 g/mol. The van der Waals surface area contributed by atoms with Crippen LogP contribution in [0.2, 0.25) is 5.15 Å². The first kappa shape index (κ1) is 19.7. The summed E-state index contributed by atoms with van der Waals surface area (Å²) in [5, 5.41) is 19.3. The third-order valence-corrected chi connectivity index (χ3v) is 5.20. The molecule has 2 aromatic heterocycles. The molecule has 1 aromatic carbocycles. The second-order valence-corrected chi connectivity index (χ2v) is 7.58. The van der Waals surface area contributed by atoms with Gasteiger partial charge in [-0.2, -0.15) is 5.26 Å². The molecule has 0 saturated carbocycles. The van der Waals surface area contributed by atoms with Gasteiger partial charge >= 0.3 is 0 Å². The van der Waals surface area contributed by atoms with Crippen LogP contribution >= 0.6 is 27.5 Å². The zero-order chi connectivity index (χ0) is 19.4. The van der Waals surface area contributed by atoms with Gasteiger partial charge in [0.2, 0.25) is 0 Å². The smallest absolute Gasteiger partial charge is 0.152 e. The van der Waals surface area contributed by atoms with Gasteiger partial charge in [0.05, 0.1) is 12.3 Å². The van der Waals surface area contributed by atoms with Gasteiger partial charge in [0.25, 0.3) is 0 Å². The van der Waals surface area contributed by atoms with E-state index in [9.17, 15) is 10.4 Å². The normalized spacial score (nSPS) is 10.9. The lowest BCUT2D eigenvalue weighted by Gasteiger charge is -2.12. The van der Waals surface area contributed by atoms with Crippen molar-refractivity contribution in [2.45, 2.75) is 39.3 Å². The largest absolute Gasteiger partial charge is 0.390 e. The third kappa shape index (κ3) is 4.27. The molecule has 3 aromatic rings. The Kier molecular flexibility index (Phi) is 6.38. The van der Waals surface area contributed by atoms with Gasteiger partial charge < -0.3 is 14.2 Å². The van der Waals surface area contributed by atoms with Crippen molar-refractivity contribution in [2.24, 2.45) is 0 Å². The van der Waals surface area contributed by atoms with E-state index in [1.807, 2.05) is 39.6 Å². The molecule has 0 radical (unpaired) electrons. The van der Waals surface area contributed by atoms with Crippen LogP contribution in [0.25, 0.3) is 5.69 Å². The van der Waals surface area contributed by atoms with Crippen LogP contribution in [0.4, 0.5) is 0 Å². The molecule has 3 rings (SSSR count). The van der Waals surface area contributed by atoms with Crippen LogP contribution < -0.4 is 0 Å². The molecule has 0 unspecified atom stereocenters. The van der Waals surface area contributed by atoms with Crippen molar-refractivity contribution in [3.8, 4) is 11.8 Å². The van der Waals surface area contributed by atoms with Crippen LogP contribution in [0, 0.1) is 11.3 Å². The highest BCUT2D eigenvalue weighted by atomic mass is 79.9. The fourth-order valence-corrected chi connectivity index (χ4v) is 3.72. The molecule has 0 bridgehead atoms. The SMILES string of the molecule is CCCCc1nc(Cl)c(CO)n1Cc1ccc(-n2cc(Br)cc2C#N)cc1. The summed E-state index contributed by atoms with van der Waals surface area (Å²) in [6.45, 7) is 2.59. The Hall–Kier alpha value is -2.07. The summed E-state index contributed by atoms with van der Waals surface area (Å²) in [7, 11) is 0. The quantitative estimate of drug-likeness (QED) is 0.563. The van der Waals surface area contributed by atoms with Crippen molar-refractivity contribution >= 4 is 27.5 Å². The molecule has 0 fully saturated rings. The maximum atomic E-state index is 9.69. The molecule has 2 heterocycles. The fourth-order valence-electron chi connectivity index (χ4n) is 3.04. The number of hydrogen-bond acceptors (Lipinski definition) is 3. The molecule has 5 nitrogen and oxygen atoms in total. The summed E-state index contributed by atoms with van der Waals surface area (Å²) in [5.74, 6) is 0.899. The summed E-state index contributed by atoms with van der Waals surface area (Å²) in [5.41, 5.74) is 3.21. The van der Waals surface area contributed by atoms with Crippen molar-refractivity contribution in [3.63, 3.8) is 0 Å². The Bertz CT molecular complexity index is 969. The van der Waals surface area contributed by atoms with Gasteiger partial charge in [0.1, 0.15) is 17.6 Å². The number of aliphatic hydroxyl groups is 1. The molecule has 0 spiro atoms. The Morgan fingerprint density at radius 3 is 2.67 bits per heavy atom. The van der Waals surface area contributed by atoms with E-state index in [-0.39, 0.29) is 6.61 Å². The predicted octanol–water partition coefficient (Wildman–Crippen LogP) is 4.84. The van der Waals surface area contributed by atoms with Crippen molar-refractivity contribution in [1.29, 1.82) is 5.26 Å². The van der Waals surface area contributed by atoms with Gasteiger partial charge in [0.15, 0.2) is 5.15 Å². The van der Waals surface area contributed by atoms with Crippen LogP contribution in [0.5, 0.6) is 0 Å². The molecule has 1 N–H and O–H groups in total. The summed E-state index contributed by atoms with van der Waals surface area (Å²) >= 11 is 9.61. The Morgan fingerprint density at radius 1 is 1.30 bits per heavy atom. The average Bonchev–Trinajstić information content (AvgIpc) is 3.19. The van der Waals surface area contributed by atoms with Crippen LogP contribution in [-0.2, 0) is 19.6 Å². The zero-order valence-corrected chi connectivity index (χ0v) is 17.3. The first-order chi connectivity index (χ1) is 13.1. The summed E-state index contributed by atoms with van der Waals surface area (Å²) in [4.78, 5) is 4.43. The molecule has 7 heteroatoms. The van der Waals surface area contributed by atoms with Gasteiger partial charge in [0, 0.05) is 29.3 Å². The predicted molar refractivity (Wildman–Crippen MR) is 109 cm³/mol. The molecule has 0 amide bonds. The molecule has 0 aliphatic rings. The number of hydrogen-bond donors (Lipinski definition) is 1. The van der Waals surface area contributed by atoms with Crippen molar-refractivity contribution in [1.82, 2.24) is 14.1 Å². The maximum Gasteiger partial charge on any atom is 0.152 e. The first-order valence-electron chi connectivity index (χ1n) is 8.79. The van der Waals surface area contributed by atoms with Crippen molar-refractivity contribution < 1.29 is 5.11 Å². The first-order valence-corrected chi connectivity index (χ1v) is 9.96. The molecule has 27 heavy (non-hydrogen) atoms. The summed E-state index contributed by atoms with van der Waals surface area (Å²) < 4.78 is 4.71. The molecule has 140 valence electrons. The average molecular weight is 448 g/mol. The highest BCUT2D eigenvalue weighted by molar-refractivity contribution is 9.10. The number of nitrogens with zero attached hydrogens (tertiary/aromatic N) is 4. The fraction of sp³-hybridized carbons (Fsp3) is 0.300. The molecule has 0 atom stereocenters. The number of unbranched alkanes of at least 4 members (excludes halogenated alkanes) is 1. The van der Waals surface area contributed by atoms with E-state index in [0.29, 0.717) is 23.1 Å². The van der Waals surface area contributed by atoms with Gasteiger partial charge in [-0.05, 0) is 46.1 Å². The highest BCUT2D eigenvalue weighted by Gasteiger charge is 2.15. The van der Waals surface area contributed by atoms with E-state index in [1.165, 1.54) is 0 Å². The second kappa shape index (κ2) is 8.75. The lowest BCUT2D eigenvalue weighted by molar-refractivity contribution is 0.271. The zero-order valence-electron chi connectivity index (χ0n) is 15.0. The molecule has 0 aliphatic heterocycles. The number of aryl methyl sites for hydroxylation is 1. The van der Waals surface area contributed by atoms with E-state index < -0.39 is 0 Å². The minimum Gasteiger partial charge on any atom is -0.390 e. The van der Waals surface area contributed by atoms with Gasteiger partial charge in [-0.15, -0.1) is 0 Å². The van der Waals surface area contributed by atoms with E-state index in [4.69, 9.17) is 11.6 Å². The highest BCUT2D eigenvalue weighted by Crippen LogP contribution is 2.23. The lowest BCUT2D eigenvalue weighted by atomic mass is 10.2. The van der Waals surface area contributed by atoms with Crippen LogP contribution in [0.15, 0.2) is 41.0 Å². The minimum absolute atomic E-state index is 0.140. The summed E-state index contributed by atoms with van der Waals surface area (Å²) in [6.07, 6.45) is 4.80. The van der Waals surface area contributed by atoms with Crippen LogP contribution in [0.1, 0.15) is 42.5 Å². The topological polar surface area (TPSA) is 66.8 Å². The van der Waals surface area contributed by atoms with Crippen LogP contribution in [-0.4, -0.2) is 19.2 Å². The Labute approximate surface area is 172 Å². The van der Waals surface area contributed by atoms with Gasteiger partial charge in [-0.1, -0.05) is 37.1 Å². The van der Waals surface area contributed by atoms with Crippen molar-refractivity contribution in [3.05, 3.63) is 68.9 Å². The molecule has 0 saturated heterocycles. The number of nitriles is 1. The number of imidazole rings is 1. The van der Waals surface area contributed by atoms with Crippen molar-refractivity contribution in [2.75, 3.05) is 0 Å². The Balaban J connectivity index is 1.88. The molecular formula is C20H20BrClN4O. The van der Waals surface area contributed by atoms with Gasteiger partial charge in [-0.25, -0.2) is 4.98 Å². The number of rotatable bonds is 7. The van der Waals surface area contributed by atoms with Crippen LogP contribution in [0.3, 0.4) is 0 Å². The second-order valence-electron chi connectivity index (χ2n) is 6.31. The summed E-state index contributed by atoms with van der Waals surface area (Å²) in [6, 6.07) is 12.0. The third-order valence-electron chi connectivity index (χ3n) is 4.46. The number of benzene rings is 1. The standard InChI is InChI=1S/C20H20BrClN4O/c1-2-3-4-19-24-20(22)18(13-27)26(19)11-14-5-7-16(8-6-14)25-12-15(21)9-17(25)10-23/h5-9,12,27H,2-4,11,13H2,1H3. The lowest BCUT2D eigenvalue weighted by Crippen LogP contribution is -2.09. The van der Waals surface area contributed by atoms with E-state index in [1.54, 1.807) is 6.07 Å².